The lowest BCUT2D eigenvalue weighted by molar-refractivity contribution is -0.125. The van der Waals surface area contributed by atoms with Gasteiger partial charge in [-0.15, -0.1) is 0 Å². The van der Waals surface area contributed by atoms with Crippen molar-refractivity contribution < 1.29 is 3.79 Å². The van der Waals surface area contributed by atoms with Crippen LogP contribution in [0.1, 0.15) is 65.7 Å². The van der Waals surface area contributed by atoms with E-state index in [1.807, 2.05) is 0 Å². The van der Waals surface area contributed by atoms with Crippen molar-refractivity contribution in [3.05, 3.63) is 18.6 Å². The Hall–Kier alpha value is 0.102. The van der Waals surface area contributed by atoms with E-state index in [1.54, 1.807) is 0 Å². The van der Waals surface area contributed by atoms with Crippen LogP contribution in [-0.2, 0) is 3.79 Å². The summed E-state index contributed by atoms with van der Waals surface area (Å²) in [6, 6.07) is 0. The smallest absolute Gasteiger partial charge is 0.144 e. The van der Waals surface area contributed by atoms with Gasteiger partial charge in [0.2, 0.25) is 0 Å². The quantitative estimate of drug-likeness (QED) is 0.401. The second-order valence-corrected chi connectivity index (χ2v) is 10.00. The van der Waals surface area contributed by atoms with Crippen LogP contribution in [0, 0.1) is 39.9 Å². The van der Waals surface area contributed by atoms with Crippen LogP contribution in [0.4, 0.5) is 0 Å². The molecule has 2 heteroatoms. The van der Waals surface area contributed by atoms with Crippen molar-refractivity contribution in [3.8, 4) is 0 Å². The van der Waals surface area contributed by atoms with Crippen molar-refractivity contribution >= 4 is 16.6 Å². The third-order valence-electron chi connectivity index (χ3n) is 8.12. The predicted octanol–water partition coefficient (Wildman–Crippen LogP) is 4.87. The van der Waals surface area contributed by atoms with Gasteiger partial charge in [-0.2, -0.15) is 0 Å². The summed E-state index contributed by atoms with van der Waals surface area (Å²) in [6.07, 6.45) is 17.6. The van der Waals surface area contributed by atoms with Crippen LogP contribution in [0.3, 0.4) is 0 Å². The maximum Gasteiger partial charge on any atom is 0.144 e. The first-order valence-electron chi connectivity index (χ1n) is 9.25. The van der Waals surface area contributed by atoms with Gasteiger partial charge in [-0.25, -0.2) is 0 Å². The fraction of sp³-hybridized carbons (Fsp3) is 0.850. The SMILES string of the molecule is CC1(C)CCC[C@]2(C)[C@H]3CC[C@@]4(C[O][Al-])C=C[C@@]3([CH+]4)CC[C@@H]12. The molecule has 0 saturated heterocycles. The van der Waals surface area contributed by atoms with Gasteiger partial charge in [0.15, 0.2) is 0 Å². The molecule has 2 bridgehead atoms. The van der Waals surface area contributed by atoms with Crippen molar-refractivity contribution in [2.24, 2.45) is 33.5 Å². The third kappa shape index (κ3) is 1.96. The number of allylic oxidation sites excluding steroid dienone is 1. The zero-order valence-electron chi connectivity index (χ0n) is 14.5. The fourth-order valence-corrected chi connectivity index (χ4v) is 7.61. The van der Waals surface area contributed by atoms with Crippen LogP contribution in [0.25, 0.3) is 0 Å². The summed E-state index contributed by atoms with van der Waals surface area (Å²) >= 11 is 2.45. The van der Waals surface area contributed by atoms with Crippen LogP contribution in [-0.4, -0.2) is 23.2 Å². The molecule has 0 unspecified atom stereocenters. The summed E-state index contributed by atoms with van der Waals surface area (Å²) in [5.74, 6) is 1.77. The zero-order chi connectivity index (χ0) is 15.6. The minimum atomic E-state index is 0.228. The Morgan fingerprint density at radius 2 is 1.82 bits per heavy atom. The van der Waals surface area contributed by atoms with Gasteiger partial charge in [-0.3, -0.25) is 0 Å². The van der Waals surface area contributed by atoms with Gasteiger partial charge in [0, 0.05) is 12.5 Å². The number of fused-ring (bicyclic) bond motifs is 3. The molecule has 119 valence electrons. The number of rotatable bonds is 2. The van der Waals surface area contributed by atoms with Crippen molar-refractivity contribution in [1.29, 1.82) is 0 Å². The monoisotopic (exact) mass is 313 g/mol. The Morgan fingerprint density at radius 1 is 1.05 bits per heavy atom. The van der Waals surface area contributed by atoms with Crippen LogP contribution < -0.4 is 0 Å². The molecule has 0 amide bonds. The molecule has 22 heavy (non-hydrogen) atoms. The van der Waals surface area contributed by atoms with Gasteiger partial charge < -0.3 is 20.4 Å². The van der Waals surface area contributed by atoms with Gasteiger partial charge in [-0.05, 0) is 67.4 Å². The van der Waals surface area contributed by atoms with Gasteiger partial charge in [0.1, 0.15) is 10.8 Å². The molecule has 5 atom stereocenters. The molecule has 0 aromatic carbocycles. The van der Waals surface area contributed by atoms with E-state index >= 15 is 0 Å². The van der Waals surface area contributed by atoms with Crippen molar-refractivity contribution in [2.75, 3.05) is 6.61 Å². The lowest BCUT2D eigenvalue weighted by atomic mass is 9.40. The van der Waals surface area contributed by atoms with E-state index in [1.165, 1.54) is 44.9 Å². The molecule has 1 nitrogen and oxygen atoms in total. The number of hydrogen-bond acceptors (Lipinski definition) is 1. The third-order valence-corrected chi connectivity index (χ3v) is 8.29. The standard InChI is InChI=1S/C20H30O.Al/c1-17(2)7-4-8-18(3)15(17)6-10-20-12-11-19(13-20,14-21)9-5-16(18)20;/h11-13,15-16H,4-10,14H2,1-3H3;/t15-,16+,18-,19+,20+;/m0./s1. The molecule has 3 saturated carbocycles. The predicted molar refractivity (Wildman–Crippen MR) is 91.2 cm³/mol. The van der Waals surface area contributed by atoms with Crippen LogP contribution in [0.5, 0.6) is 0 Å². The normalized spacial score (nSPS) is 51.8. The molecule has 3 fully saturated rings. The Balaban J connectivity index is 1.68. The highest BCUT2D eigenvalue weighted by Crippen LogP contribution is 2.71. The largest absolute Gasteiger partial charge is 0.756 e. The summed E-state index contributed by atoms with van der Waals surface area (Å²) in [7, 11) is 0. The van der Waals surface area contributed by atoms with Gasteiger partial charge in [0.05, 0.1) is 6.42 Å². The molecule has 1 spiro atoms. The molecule has 0 aromatic rings. The molecule has 0 aliphatic heterocycles. The maximum atomic E-state index is 5.48. The molecule has 0 N–H and O–H groups in total. The van der Waals surface area contributed by atoms with E-state index in [2.05, 4.69) is 56.0 Å². The van der Waals surface area contributed by atoms with Gasteiger partial charge >= 0.3 is 0 Å². The van der Waals surface area contributed by atoms with Crippen LogP contribution in [0.15, 0.2) is 12.2 Å². The Bertz CT molecular complexity index is 498. The van der Waals surface area contributed by atoms with E-state index in [0.717, 1.165) is 18.4 Å². The second-order valence-electron chi connectivity index (χ2n) is 9.66. The minimum absolute atomic E-state index is 0.228. The lowest BCUT2D eigenvalue weighted by Gasteiger charge is -2.61. The highest BCUT2D eigenvalue weighted by molar-refractivity contribution is 5.98. The molecule has 4 rings (SSSR count). The van der Waals surface area contributed by atoms with Gasteiger partial charge in [0.25, 0.3) is 0 Å². The Kier molecular flexibility index (Phi) is 3.42. The minimum Gasteiger partial charge on any atom is -0.756 e. The van der Waals surface area contributed by atoms with Crippen molar-refractivity contribution in [3.63, 3.8) is 0 Å². The molecular formula is C20H30AlO. The average Bonchev–Trinajstić information content (AvgIpc) is 2.70. The molecule has 3 radical (unpaired) electrons. The summed E-state index contributed by atoms with van der Waals surface area (Å²) in [4.78, 5) is 0. The number of hydrogen-bond donors (Lipinski definition) is 0. The Morgan fingerprint density at radius 3 is 2.59 bits per heavy atom. The first kappa shape index (κ1) is 15.6. The van der Waals surface area contributed by atoms with E-state index in [9.17, 15) is 0 Å². The topological polar surface area (TPSA) is 9.23 Å². The summed E-state index contributed by atoms with van der Waals surface area (Å²) < 4.78 is 5.48. The van der Waals surface area contributed by atoms with E-state index in [-0.39, 0.29) is 5.41 Å². The average molecular weight is 313 g/mol. The van der Waals surface area contributed by atoms with Crippen LogP contribution in [0.2, 0.25) is 0 Å². The highest BCUT2D eigenvalue weighted by atomic mass is 27.1. The second kappa shape index (κ2) is 4.81. The van der Waals surface area contributed by atoms with E-state index < -0.39 is 0 Å². The van der Waals surface area contributed by atoms with Crippen molar-refractivity contribution in [1.82, 2.24) is 0 Å². The Labute approximate surface area is 145 Å². The summed E-state index contributed by atoms with van der Waals surface area (Å²) in [5, 5.41) is 0. The summed E-state index contributed by atoms with van der Waals surface area (Å²) in [6.45, 7) is 8.56. The maximum absolute atomic E-state index is 5.48. The molecule has 4 aliphatic rings. The molecule has 0 aromatic heterocycles. The first-order valence-corrected chi connectivity index (χ1v) is 9.72. The lowest BCUT2D eigenvalue weighted by Crippen LogP contribution is -2.57. The molecular weight excluding hydrogens is 283 g/mol. The van der Waals surface area contributed by atoms with E-state index in [4.69, 9.17) is 3.79 Å². The van der Waals surface area contributed by atoms with Gasteiger partial charge in [-0.1, -0.05) is 27.2 Å². The zero-order valence-corrected chi connectivity index (χ0v) is 15.7. The highest BCUT2D eigenvalue weighted by Gasteiger charge is 2.68. The fourth-order valence-electron chi connectivity index (χ4n) is 7.29. The molecule has 4 aliphatic carbocycles. The first-order chi connectivity index (χ1) is 10.4. The van der Waals surface area contributed by atoms with E-state index in [0.29, 0.717) is 16.2 Å². The molecule has 0 heterocycles. The van der Waals surface area contributed by atoms with Crippen molar-refractivity contribution in [2.45, 2.75) is 65.7 Å². The summed E-state index contributed by atoms with van der Waals surface area (Å²) in [5.41, 5.74) is 1.68. The van der Waals surface area contributed by atoms with Crippen LogP contribution >= 0.6 is 0 Å².